The number of halogens is 1. The van der Waals surface area contributed by atoms with Gasteiger partial charge in [0.25, 0.3) is 5.91 Å². The highest BCUT2D eigenvalue weighted by Crippen LogP contribution is 2.19. The number of aromatic nitrogens is 1. The van der Waals surface area contributed by atoms with Crippen LogP contribution in [0.5, 0.6) is 0 Å². The zero-order valence-electron chi connectivity index (χ0n) is 23.9. The molecular weight excluding hydrogens is 495 g/mol. The second-order valence-electron chi connectivity index (χ2n) is 8.96. The van der Waals surface area contributed by atoms with Crippen LogP contribution >= 0.6 is 0 Å². The summed E-state index contributed by atoms with van der Waals surface area (Å²) in [5.41, 5.74) is 2.72. The number of Topliss-reactive ketones (excluding diaryl/α,β-unsaturated/α-hetero) is 1. The molecule has 1 aromatic heterocycles. The molecule has 7 nitrogen and oxygen atoms in total. The molecule has 210 valence electrons. The molecule has 1 amide bonds. The molecule has 1 N–H and O–H groups in total. The topological polar surface area (TPSA) is 76.7 Å². The van der Waals surface area contributed by atoms with E-state index in [0.717, 1.165) is 31.7 Å². The lowest BCUT2D eigenvalue weighted by atomic mass is 10.1. The fraction of sp³-hybridized carbons (Fsp3) is 0.387. The molecule has 0 spiro atoms. The van der Waals surface area contributed by atoms with Gasteiger partial charge in [-0.2, -0.15) is 0 Å². The molecule has 8 heteroatoms. The highest BCUT2D eigenvalue weighted by Gasteiger charge is 2.21. The zero-order chi connectivity index (χ0) is 29.5. The SMILES string of the molecule is C#C.CC.CCN(C)C(=O)C(=O)c1ccc2[nH]cc(C=O)c2c1.C[C@@H]1CN(Cc2ccc(F)cc2)CCN1C. The number of amides is 1. The van der Waals surface area contributed by atoms with E-state index in [-0.39, 0.29) is 5.82 Å². The van der Waals surface area contributed by atoms with Gasteiger partial charge in [-0.25, -0.2) is 4.39 Å². The number of hydrogen-bond acceptors (Lipinski definition) is 5. The maximum absolute atomic E-state index is 12.8. The Bertz CT molecular complexity index is 1220. The highest BCUT2D eigenvalue weighted by atomic mass is 19.1. The molecule has 0 saturated carbocycles. The van der Waals surface area contributed by atoms with E-state index in [1.807, 2.05) is 26.0 Å². The van der Waals surface area contributed by atoms with Gasteiger partial charge in [-0.05, 0) is 56.8 Å². The number of hydrogen-bond donors (Lipinski definition) is 1. The molecule has 0 unspecified atom stereocenters. The Kier molecular flexibility index (Phi) is 14.4. The summed E-state index contributed by atoms with van der Waals surface area (Å²) >= 11 is 0. The number of carbonyl (C=O) groups is 3. The van der Waals surface area contributed by atoms with E-state index in [9.17, 15) is 18.8 Å². The van der Waals surface area contributed by atoms with Crippen LogP contribution in [0.25, 0.3) is 10.9 Å². The lowest BCUT2D eigenvalue weighted by Crippen LogP contribution is -2.49. The Labute approximate surface area is 232 Å². The molecule has 2 aromatic carbocycles. The van der Waals surface area contributed by atoms with Crippen molar-refractivity contribution in [2.75, 3.05) is 40.3 Å². The third-order valence-corrected chi connectivity index (χ3v) is 6.48. The predicted octanol–water partition coefficient (Wildman–Crippen LogP) is 4.88. The Morgan fingerprint density at radius 3 is 2.33 bits per heavy atom. The fourth-order valence-electron chi connectivity index (χ4n) is 3.94. The predicted molar refractivity (Wildman–Crippen MR) is 156 cm³/mol. The molecule has 39 heavy (non-hydrogen) atoms. The van der Waals surface area contributed by atoms with E-state index in [2.05, 4.69) is 41.6 Å². The van der Waals surface area contributed by atoms with E-state index >= 15 is 0 Å². The van der Waals surface area contributed by atoms with Crippen LogP contribution in [0.3, 0.4) is 0 Å². The average molecular weight is 537 g/mol. The molecular formula is C31H41FN4O3. The van der Waals surface area contributed by atoms with E-state index in [4.69, 9.17) is 0 Å². The van der Waals surface area contributed by atoms with Crippen LogP contribution in [-0.4, -0.2) is 84.0 Å². The van der Waals surface area contributed by atoms with Crippen LogP contribution in [-0.2, 0) is 11.3 Å². The lowest BCUT2D eigenvalue weighted by molar-refractivity contribution is -0.125. The monoisotopic (exact) mass is 536 g/mol. The first-order valence-electron chi connectivity index (χ1n) is 13.1. The van der Waals surface area contributed by atoms with Crippen molar-refractivity contribution in [2.24, 2.45) is 0 Å². The van der Waals surface area contributed by atoms with Crippen LogP contribution in [0.2, 0.25) is 0 Å². The Morgan fingerprint density at radius 1 is 1.13 bits per heavy atom. The van der Waals surface area contributed by atoms with Crippen molar-refractivity contribution in [3.63, 3.8) is 0 Å². The first kappa shape index (κ1) is 33.2. The van der Waals surface area contributed by atoms with Crippen molar-refractivity contribution in [1.82, 2.24) is 19.7 Å². The summed E-state index contributed by atoms with van der Waals surface area (Å²) in [5, 5.41) is 0.646. The van der Waals surface area contributed by atoms with Crippen LogP contribution in [0, 0.1) is 18.7 Å². The highest BCUT2D eigenvalue weighted by molar-refractivity contribution is 6.43. The Hall–Kier alpha value is -3.80. The molecule has 1 saturated heterocycles. The first-order chi connectivity index (χ1) is 18.7. The van der Waals surface area contributed by atoms with Gasteiger partial charge in [-0.15, -0.1) is 12.8 Å². The Morgan fingerprint density at radius 2 is 1.77 bits per heavy atom. The molecule has 2 heterocycles. The lowest BCUT2D eigenvalue weighted by Gasteiger charge is -2.37. The number of rotatable bonds is 6. The van der Waals surface area contributed by atoms with Crippen molar-refractivity contribution < 1.29 is 18.8 Å². The summed E-state index contributed by atoms with van der Waals surface area (Å²) in [4.78, 5) is 43.8. The molecule has 4 rings (SSSR count). The number of fused-ring (bicyclic) bond motifs is 1. The summed E-state index contributed by atoms with van der Waals surface area (Å²) in [6, 6.07) is 12.3. The summed E-state index contributed by atoms with van der Waals surface area (Å²) < 4.78 is 12.8. The minimum Gasteiger partial charge on any atom is -0.360 e. The molecule has 0 radical (unpaired) electrons. The number of benzene rings is 2. The van der Waals surface area contributed by atoms with Crippen LogP contribution < -0.4 is 0 Å². The number of aldehydes is 1. The molecule has 1 aliphatic rings. The third kappa shape index (κ3) is 9.47. The molecule has 3 aromatic rings. The number of piperazine rings is 1. The van der Waals surface area contributed by atoms with Gasteiger partial charge in [0.05, 0.1) is 0 Å². The number of ketones is 1. The maximum atomic E-state index is 12.8. The van der Waals surface area contributed by atoms with Gasteiger partial charge in [-0.1, -0.05) is 26.0 Å². The third-order valence-electron chi connectivity index (χ3n) is 6.48. The van der Waals surface area contributed by atoms with Crippen LogP contribution in [0.15, 0.2) is 48.7 Å². The van der Waals surface area contributed by atoms with Crippen molar-refractivity contribution >= 4 is 28.9 Å². The number of nitrogens with one attached hydrogen (secondary N) is 1. The second kappa shape index (κ2) is 16.9. The minimum absolute atomic E-state index is 0.157. The van der Waals surface area contributed by atoms with E-state index in [1.165, 1.54) is 22.6 Å². The summed E-state index contributed by atoms with van der Waals surface area (Å²) in [6.45, 7) is 12.7. The van der Waals surface area contributed by atoms with Gasteiger partial charge in [0.2, 0.25) is 5.78 Å². The average Bonchev–Trinajstić information content (AvgIpc) is 3.40. The van der Waals surface area contributed by atoms with E-state index in [1.54, 1.807) is 38.4 Å². The van der Waals surface area contributed by atoms with Gasteiger partial charge >= 0.3 is 0 Å². The van der Waals surface area contributed by atoms with E-state index < -0.39 is 11.7 Å². The van der Waals surface area contributed by atoms with Gasteiger partial charge in [0.15, 0.2) is 6.29 Å². The van der Waals surface area contributed by atoms with Gasteiger partial charge in [-0.3, -0.25) is 19.3 Å². The van der Waals surface area contributed by atoms with Crippen molar-refractivity contribution in [2.45, 2.75) is 40.3 Å². The summed E-state index contributed by atoms with van der Waals surface area (Å²) in [7, 11) is 3.74. The molecule has 0 aliphatic carbocycles. The number of aromatic amines is 1. The number of carbonyl (C=O) groups excluding carboxylic acids is 3. The fourth-order valence-corrected chi connectivity index (χ4v) is 3.94. The number of H-pyrrole nitrogens is 1. The number of likely N-dealkylation sites (N-methyl/N-ethyl adjacent to an activating group) is 2. The van der Waals surface area contributed by atoms with Gasteiger partial charge in [0.1, 0.15) is 5.82 Å². The summed E-state index contributed by atoms with van der Waals surface area (Å²) in [5.74, 6) is -1.27. The zero-order valence-corrected chi connectivity index (χ0v) is 23.9. The molecule has 1 aliphatic heterocycles. The van der Waals surface area contributed by atoms with Crippen molar-refractivity contribution in [1.29, 1.82) is 0 Å². The second-order valence-corrected chi connectivity index (χ2v) is 8.96. The largest absolute Gasteiger partial charge is 0.360 e. The number of nitrogens with zero attached hydrogens (tertiary/aromatic N) is 3. The molecule has 1 atom stereocenters. The molecule has 0 bridgehead atoms. The Balaban J connectivity index is 0.000000350. The van der Waals surface area contributed by atoms with Crippen LogP contribution in [0.4, 0.5) is 4.39 Å². The smallest absolute Gasteiger partial charge is 0.294 e. The summed E-state index contributed by atoms with van der Waals surface area (Å²) in [6.07, 6.45) is 10.3. The van der Waals surface area contributed by atoms with Gasteiger partial charge < -0.3 is 14.8 Å². The molecule has 1 fully saturated rings. The maximum Gasteiger partial charge on any atom is 0.294 e. The quantitative estimate of drug-likeness (QED) is 0.210. The van der Waals surface area contributed by atoms with Crippen molar-refractivity contribution in [3.8, 4) is 12.8 Å². The standard InChI is InChI=1S/C14H14N2O3.C13H19FN2.C2H6.C2H2/c1-3-16(2)14(19)13(18)9-4-5-12-11(6-9)10(8-17)7-15-12;1-11-9-16(8-7-15(11)2)10-12-3-5-13(14)6-4-12;2*1-2/h4-8,15H,3H2,1-2H3;3-6,11H,7-10H2,1-2H3;1-2H3;1-2H/t;11-;;/m.1../s1. The van der Waals surface area contributed by atoms with Gasteiger partial charge in [0, 0.05) is 74.0 Å². The van der Waals surface area contributed by atoms with E-state index in [0.29, 0.717) is 35.4 Å². The normalized spacial score (nSPS) is 14.9. The van der Waals surface area contributed by atoms with Crippen molar-refractivity contribution in [3.05, 3.63) is 71.2 Å². The first-order valence-corrected chi connectivity index (χ1v) is 13.1. The number of terminal acetylenes is 1. The minimum atomic E-state index is -0.565. The van der Waals surface area contributed by atoms with Crippen LogP contribution in [0.1, 0.15) is 54.0 Å².